The van der Waals surface area contributed by atoms with Gasteiger partial charge in [-0.15, -0.1) is 0 Å². The molecule has 1 rings (SSSR count). The molecule has 5 nitrogen and oxygen atoms in total. The Balaban J connectivity index is 2.26. The summed E-state index contributed by atoms with van der Waals surface area (Å²) in [5.41, 5.74) is 0. The van der Waals surface area contributed by atoms with E-state index in [1.165, 1.54) is 0 Å². The van der Waals surface area contributed by atoms with Gasteiger partial charge in [0.05, 0.1) is 13.0 Å². The maximum Gasteiger partial charge on any atom is 0.324 e. The van der Waals surface area contributed by atoms with Gasteiger partial charge in [-0.25, -0.2) is 13.6 Å². The van der Waals surface area contributed by atoms with Gasteiger partial charge in [0.25, 0.3) is 0 Å². The Morgan fingerprint density at radius 1 is 1.39 bits per heavy atom. The van der Waals surface area contributed by atoms with Gasteiger partial charge in [0.2, 0.25) is 0 Å². The molecule has 0 spiro atoms. The van der Waals surface area contributed by atoms with Crippen LogP contribution in [0.2, 0.25) is 0 Å². The van der Waals surface area contributed by atoms with Crippen LogP contribution >= 0.6 is 0 Å². The second kappa shape index (κ2) is 5.40. The molecule has 0 unspecified atom stereocenters. The van der Waals surface area contributed by atoms with Crippen molar-refractivity contribution in [2.45, 2.75) is 18.8 Å². The molecular formula is C9H12F4N2O3. The van der Waals surface area contributed by atoms with Gasteiger partial charge in [-0.3, -0.25) is 4.79 Å². The van der Waals surface area contributed by atoms with Crippen LogP contribution in [0.25, 0.3) is 0 Å². The summed E-state index contributed by atoms with van der Waals surface area (Å²) in [5.74, 6) is -5.49. The van der Waals surface area contributed by atoms with Crippen LogP contribution in [-0.4, -0.2) is 54.0 Å². The van der Waals surface area contributed by atoms with Gasteiger partial charge in [0, 0.05) is 19.0 Å². The number of carbonyl (C=O) groups is 2. The molecule has 0 aromatic rings. The van der Waals surface area contributed by atoms with E-state index in [9.17, 15) is 27.2 Å². The van der Waals surface area contributed by atoms with Crippen molar-refractivity contribution in [3.63, 3.8) is 0 Å². The number of aliphatic carboxylic acids is 1. The normalized spacial score (nSPS) is 16.6. The summed E-state index contributed by atoms with van der Waals surface area (Å²) in [5, 5.41) is 10.1. The molecule has 0 atom stereocenters. The largest absolute Gasteiger partial charge is 0.481 e. The summed E-state index contributed by atoms with van der Waals surface area (Å²) in [7, 11) is 0. The van der Waals surface area contributed by atoms with Crippen molar-refractivity contribution in [2.24, 2.45) is 5.92 Å². The molecule has 1 fully saturated rings. The van der Waals surface area contributed by atoms with Crippen molar-refractivity contribution in [3.8, 4) is 0 Å². The molecule has 0 radical (unpaired) electrons. The number of alkyl halides is 4. The van der Waals surface area contributed by atoms with Crippen LogP contribution in [0.1, 0.15) is 6.42 Å². The SMILES string of the molecule is O=C(O)CC1CN(C(=O)NCC(F)(F)C(F)F)C1. The minimum Gasteiger partial charge on any atom is -0.481 e. The fourth-order valence-electron chi connectivity index (χ4n) is 1.49. The van der Waals surface area contributed by atoms with Crippen LogP contribution in [0, 0.1) is 5.92 Å². The number of likely N-dealkylation sites (tertiary alicyclic amines) is 1. The molecule has 2 amide bonds. The predicted octanol–water partition coefficient (Wildman–Crippen LogP) is 1.00. The Kier molecular flexibility index (Phi) is 4.36. The van der Waals surface area contributed by atoms with Gasteiger partial charge >= 0.3 is 24.3 Å². The fourth-order valence-corrected chi connectivity index (χ4v) is 1.49. The zero-order chi connectivity index (χ0) is 13.9. The van der Waals surface area contributed by atoms with Crippen molar-refractivity contribution in [1.82, 2.24) is 10.2 Å². The second-order valence-electron chi connectivity index (χ2n) is 4.09. The van der Waals surface area contributed by atoms with E-state index in [0.717, 1.165) is 4.90 Å². The van der Waals surface area contributed by atoms with Crippen LogP contribution in [0.15, 0.2) is 0 Å². The molecule has 0 aromatic heterocycles. The Labute approximate surface area is 99.7 Å². The summed E-state index contributed by atoms with van der Waals surface area (Å²) in [6.45, 7) is -1.19. The number of nitrogens with zero attached hydrogens (tertiary/aromatic N) is 1. The van der Waals surface area contributed by atoms with Crippen LogP contribution in [0.4, 0.5) is 22.4 Å². The molecule has 18 heavy (non-hydrogen) atoms. The summed E-state index contributed by atoms with van der Waals surface area (Å²) in [6, 6.07) is -0.892. The lowest BCUT2D eigenvalue weighted by atomic mass is 9.97. The molecule has 0 aromatic carbocycles. The molecule has 1 aliphatic rings. The molecule has 1 aliphatic heterocycles. The maximum absolute atomic E-state index is 12.5. The summed E-state index contributed by atoms with van der Waals surface area (Å²) >= 11 is 0. The first-order valence-corrected chi connectivity index (χ1v) is 5.13. The van der Waals surface area contributed by atoms with Gasteiger partial charge in [0.15, 0.2) is 0 Å². The average Bonchev–Trinajstić information content (AvgIpc) is 2.19. The van der Waals surface area contributed by atoms with Crippen molar-refractivity contribution in [2.75, 3.05) is 19.6 Å². The van der Waals surface area contributed by atoms with Crippen molar-refractivity contribution in [1.29, 1.82) is 0 Å². The Morgan fingerprint density at radius 2 is 1.94 bits per heavy atom. The van der Waals surface area contributed by atoms with Gasteiger partial charge < -0.3 is 15.3 Å². The number of halogens is 4. The highest BCUT2D eigenvalue weighted by atomic mass is 19.3. The lowest BCUT2D eigenvalue weighted by Gasteiger charge is -2.38. The average molecular weight is 272 g/mol. The van der Waals surface area contributed by atoms with E-state index in [4.69, 9.17) is 5.11 Å². The second-order valence-corrected chi connectivity index (χ2v) is 4.09. The Hall–Kier alpha value is -1.54. The number of hydrogen-bond acceptors (Lipinski definition) is 2. The van der Waals surface area contributed by atoms with Crippen molar-refractivity contribution >= 4 is 12.0 Å². The number of carboxylic acids is 1. The number of carbonyl (C=O) groups excluding carboxylic acids is 1. The van der Waals surface area contributed by atoms with E-state index in [0.29, 0.717) is 0 Å². The maximum atomic E-state index is 12.5. The third kappa shape index (κ3) is 3.74. The number of amides is 2. The monoisotopic (exact) mass is 272 g/mol. The standard InChI is InChI=1S/C9H12F4N2O3/c10-7(11)9(12,13)4-14-8(18)15-2-5(3-15)1-6(16)17/h5,7H,1-4H2,(H,14,18)(H,16,17). The van der Waals surface area contributed by atoms with Gasteiger partial charge in [0.1, 0.15) is 0 Å². The predicted molar refractivity (Wildman–Crippen MR) is 51.7 cm³/mol. The molecule has 9 heteroatoms. The minimum absolute atomic E-state index is 0.114. The van der Waals surface area contributed by atoms with E-state index in [-0.39, 0.29) is 25.4 Å². The van der Waals surface area contributed by atoms with Crippen LogP contribution in [0.3, 0.4) is 0 Å². The van der Waals surface area contributed by atoms with Gasteiger partial charge in [-0.1, -0.05) is 0 Å². The van der Waals surface area contributed by atoms with Gasteiger partial charge in [-0.05, 0) is 0 Å². The van der Waals surface area contributed by atoms with Crippen molar-refractivity contribution in [3.05, 3.63) is 0 Å². The van der Waals surface area contributed by atoms with Crippen LogP contribution in [-0.2, 0) is 4.79 Å². The molecule has 2 N–H and O–H groups in total. The molecule has 0 saturated carbocycles. The highest BCUT2D eigenvalue weighted by Gasteiger charge is 2.42. The third-order valence-electron chi connectivity index (χ3n) is 2.50. The molecule has 0 bridgehead atoms. The lowest BCUT2D eigenvalue weighted by molar-refractivity contribution is -0.139. The quantitative estimate of drug-likeness (QED) is 0.734. The zero-order valence-corrected chi connectivity index (χ0v) is 9.21. The first-order valence-electron chi connectivity index (χ1n) is 5.13. The molecule has 1 saturated heterocycles. The third-order valence-corrected chi connectivity index (χ3v) is 2.50. The van der Waals surface area contributed by atoms with Crippen molar-refractivity contribution < 1.29 is 32.3 Å². The number of hydrogen-bond donors (Lipinski definition) is 2. The first-order chi connectivity index (χ1) is 8.22. The number of rotatable bonds is 5. The van der Waals surface area contributed by atoms with E-state index >= 15 is 0 Å². The summed E-state index contributed by atoms with van der Waals surface area (Å²) < 4.78 is 48.5. The van der Waals surface area contributed by atoms with E-state index < -0.39 is 30.9 Å². The molecule has 1 heterocycles. The summed E-state index contributed by atoms with van der Waals surface area (Å²) in [4.78, 5) is 22.6. The van der Waals surface area contributed by atoms with E-state index in [1.54, 1.807) is 5.32 Å². The first kappa shape index (κ1) is 14.5. The fraction of sp³-hybridized carbons (Fsp3) is 0.778. The van der Waals surface area contributed by atoms with E-state index in [1.807, 2.05) is 0 Å². The number of nitrogens with one attached hydrogen (secondary N) is 1. The number of urea groups is 1. The molecule has 104 valence electrons. The molecule has 0 aliphatic carbocycles. The zero-order valence-electron chi connectivity index (χ0n) is 9.21. The van der Waals surface area contributed by atoms with E-state index in [2.05, 4.69) is 0 Å². The highest BCUT2D eigenvalue weighted by molar-refractivity contribution is 5.75. The van der Waals surface area contributed by atoms with Gasteiger partial charge in [-0.2, -0.15) is 8.78 Å². The van der Waals surface area contributed by atoms with Crippen LogP contribution < -0.4 is 5.32 Å². The Bertz CT molecular complexity index is 332. The number of carboxylic acid groups (broad SMARTS) is 1. The topological polar surface area (TPSA) is 69.6 Å². The Morgan fingerprint density at radius 3 is 2.39 bits per heavy atom. The van der Waals surface area contributed by atoms with Crippen LogP contribution in [0.5, 0.6) is 0 Å². The highest BCUT2D eigenvalue weighted by Crippen LogP contribution is 2.22. The summed E-state index contributed by atoms with van der Waals surface area (Å²) in [6.07, 6.45) is -3.95. The lowest BCUT2D eigenvalue weighted by Crippen LogP contribution is -2.56. The smallest absolute Gasteiger partial charge is 0.324 e. The minimum atomic E-state index is -4.26. The molecular weight excluding hydrogens is 260 g/mol.